The first-order chi connectivity index (χ1) is 6.38. The Bertz CT molecular complexity index is 208. The second kappa shape index (κ2) is 4.30. The highest BCUT2D eigenvalue weighted by atomic mass is 16.2. The van der Waals surface area contributed by atoms with Gasteiger partial charge in [0.25, 0.3) is 0 Å². The lowest BCUT2D eigenvalue weighted by Gasteiger charge is -2.22. The Morgan fingerprint density at radius 2 is 2.14 bits per heavy atom. The van der Waals surface area contributed by atoms with Gasteiger partial charge in [-0.1, -0.05) is 20.8 Å². The first kappa shape index (κ1) is 11.5. The maximum absolute atomic E-state index is 11.1. The van der Waals surface area contributed by atoms with Crippen molar-refractivity contribution in [1.82, 2.24) is 10.2 Å². The molecule has 0 spiro atoms. The van der Waals surface area contributed by atoms with Crippen LogP contribution >= 0.6 is 0 Å². The van der Waals surface area contributed by atoms with Crippen LogP contribution in [0, 0.1) is 5.41 Å². The van der Waals surface area contributed by atoms with Crippen molar-refractivity contribution in [2.75, 3.05) is 19.6 Å². The lowest BCUT2D eigenvalue weighted by Crippen LogP contribution is -2.38. The van der Waals surface area contributed by atoms with Crippen molar-refractivity contribution in [2.45, 2.75) is 40.2 Å². The molecule has 0 radical (unpaired) electrons. The number of carbonyl (C=O) groups is 1. The third-order valence-electron chi connectivity index (χ3n) is 2.55. The summed E-state index contributed by atoms with van der Waals surface area (Å²) in [6.07, 6.45) is 1.09. The zero-order chi connectivity index (χ0) is 10.8. The average Bonchev–Trinajstić information content (AvgIpc) is 2.47. The van der Waals surface area contributed by atoms with E-state index in [1.807, 2.05) is 4.90 Å². The van der Waals surface area contributed by atoms with Gasteiger partial charge in [-0.05, 0) is 11.8 Å². The number of carbonyl (C=O) groups excluding carboxylic acids is 1. The Morgan fingerprint density at radius 3 is 2.57 bits per heavy atom. The van der Waals surface area contributed by atoms with E-state index >= 15 is 0 Å². The van der Waals surface area contributed by atoms with Gasteiger partial charge in [0.1, 0.15) is 0 Å². The second-order valence-corrected chi connectivity index (χ2v) is 5.39. The van der Waals surface area contributed by atoms with Crippen LogP contribution in [0.1, 0.15) is 34.1 Å². The van der Waals surface area contributed by atoms with Gasteiger partial charge in [0.05, 0.1) is 0 Å². The monoisotopic (exact) mass is 198 g/mol. The van der Waals surface area contributed by atoms with Gasteiger partial charge in [0.2, 0.25) is 5.91 Å². The van der Waals surface area contributed by atoms with Crippen molar-refractivity contribution in [1.29, 1.82) is 0 Å². The maximum Gasteiger partial charge on any atom is 0.219 e. The van der Waals surface area contributed by atoms with Crippen LogP contribution in [0.4, 0.5) is 0 Å². The second-order valence-electron chi connectivity index (χ2n) is 5.39. The number of amides is 1. The van der Waals surface area contributed by atoms with E-state index in [9.17, 15) is 4.79 Å². The van der Waals surface area contributed by atoms with Gasteiger partial charge in [-0.25, -0.2) is 0 Å². The van der Waals surface area contributed by atoms with Gasteiger partial charge in [-0.3, -0.25) is 4.79 Å². The van der Waals surface area contributed by atoms with Crippen LogP contribution < -0.4 is 5.32 Å². The molecule has 1 N–H and O–H groups in total. The Morgan fingerprint density at radius 1 is 1.50 bits per heavy atom. The number of likely N-dealkylation sites (tertiary alicyclic amines) is 1. The lowest BCUT2D eigenvalue weighted by atomic mass is 9.96. The van der Waals surface area contributed by atoms with Crippen LogP contribution in [0.3, 0.4) is 0 Å². The van der Waals surface area contributed by atoms with E-state index in [1.54, 1.807) is 6.92 Å². The van der Waals surface area contributed by atoms with Crippen molar-refractivity contribution in [3.8, 4) is 0 Å². The molecule has 0 saturated carbocycles. The van der Waals surface area contributed by atoms with Crippen molar-refractivity contribution in [3.05, 3.63) is 0 Å². The molecule has 1 aliphatic rings. The molecule has 1 atom stereocenters. The standard InChI is InChI=1S/C11H22N2O/c1-9(14)13-6-5-10(7-13)12-8-11(2,3)4/h10,12H,5-8H2,1-4H3/t10-/m0/s1. The van der Waals surface area contributed by atoms with Gasteiger partial charge in [-0.2, -0.15) is 0 Å². The van der Waals surface area contributed by atoms with Gasteiger partial charge < -0.3 is 10.2 Å². The first-order valence-corrected chi connectivity index (χ1v) is 5.37. The van der Waals surface area contributed by atoms with E-state index in [0.717, 1.165) is 26.1 Å². The summed E-state index contributed by atoms with van der Waals surface area (Å²) in [5.41, 5.74) is 0.323. The molecule has 0 aliphatic carbocycles. The molecule has 1 rings (SSSR count). The fourth-order valence-electron chi connectivity index (χ4n) is 1.66. The summed E-state index contributed by atoms with van der Waals surface area (Å²) in [5, 5.41) is 3.51. The molecule has 0 unspecified atom stereocenters. The molecule has 3 heteroatoms. The Balaban J connectivity index is 2.26. The number of hydrogen-bond acceptors (Lipinski definition) is 2. The Hall–Kier alpha value is -0.570. The molecule has 14 heavy (non-hydrogen) atoms. The molecule has 1 aliphatic heterocycles. The smallest absolute Gasteiger partial charge is 0.219 e. The normalized spacial score (nSPS) is 22.9. The fourth-order valence-corrected chi connectivity index (χ4v) is 1.66. The van der Waals surface area contributed by atoms with E-state index in [2.05, 4.69) is 26.1 Å². The van der Waals surface area contributed by atoms with Gasteiger partial charge >= 0.3 is 0 Å². The molecular weight excluding hydrogens is 176 g/mol. The number of nitrogens with one attached hydrogen (secondary N) is 1. The zero-order valence-electron chi connectivity index (χ0n) is 9.76. The fraction of sp³-hybridized carbons (Fsp3) is 0.909. The van der Waals surface area contributed by atoms with Gasteiger partial charge in [0.15, 0.2) is 0 Å². The number of hydrogen-bond donors (Lipinski definition) is 1. The van der Waals surface area contributed by atoms with Crippen LogP contribution in [-0.4, -0.2) is 36.5 Å². The molecule has 0 aromatic rings. The average molecular weight is 198 g/mol. The highest BCUT2D eigenvalue weighted by Gasteiger charge is 2.24. The Labute approximate surface area is 86.9 Å². The summed E-state index contributed by atoms with van der Waals surface area (Å²) in [5.74, 6) is 0.199. The van der Waals surface area contributed by atoms with E-state index in [4.69, 9.17) is 0 Å². The molecule has 0 aromatic heterocycles. The highest BCUT2D eigenvalue weighted by molar-refractivity contribution is 5.73. The van der Waals surface area contributed by atoms with Crippen LogP contribution in [0.5, 0.6) is 0 Å². The minimum absolute atomic E-state index is 0.199. The first-order valence-electron chi connectivity index (χ1n) is 5.37. The number of nitrogens with zero attached hydrogens (tertiary/aromatic N) is 1. The summed E-state index contributed by atoms with van der Waals surface area (Å²) in [7, 11) is 0. The van der Waals surface area contributed by atoms with Crippen LogP contribution in [-0.2, 0) is 4.79 Å². The minimum atomic E-state index is 0.199. The molecule has 1 amide bonds. The molecule has 1 saturated heterocycles. The third kappa shape index (κ3) is 3.66. The predicted octanol–water partition coefficient (Wildman–Crippen LogP) is 1.24. The third-order valence-corrected chi connectivity index (χ3v) is 2.55. The summed E-state index contributed by atoms with van der Waals surface area (Å²) in [4.78, 5) is 13.0. The van der Waals surface area contributed by atoms with E-state index in [1.165, 1.54) is 0 Å². The minimum Gasteiger partial charge on any atom is -0.341 e. The topological polar surface area (TPSA) is 32.3 Å². The summed E-state index contributed by atoms with van der Waals surface area (Å²) >= 11 is 0. The largest absolute Gasteiger partial charge is 0.341 e. The van der Waals surface area contributed by atoms with E-state index < -0.39 is 0 Å². The molecule has 1 heterocycles. The van der Waals surface area contributed by atoms with Crippen LogP contribution in [0.15, 0.2) is 0 Å². The highest BCUT2D eigenvalue weighted by Crippen LogP contribution is 2.14. The van der Waals surface area contributed by atoms with E-state index in [-0.39, 0.29) is 5.91 Å². The van der Waals surface area contributed by atoms with Crippen LogP contribution in [0.25, 0.3) is 0 Å². The van der Waals surface area contributed by atoms with Crippen molar-refractivity contribution in [3.63, 3.8) is 0 Å². The van der Waals surface area contributed by atoms with Crippen molar-refractivity contribution in [2.24, 2.45) is 5.41 Å². The van der Waals surface area contributed by atoms with Crippen molar-refractivity contribution >= 4 is 5.91 Å². The number of rotatable bonds is 2. The van der Waals surface area contributed by atoms with Crippen LogP contribution in [0.2, 0.25) is 0 Å². The van der Waals surface area contributed by atoms with Gasteiger partial charge in [0, 0.05) is 32.6 Å². The zero-order valence-corrected chi connectivity index (χ0v) is 9.76. The predicted molar refractivity (Wildman–Crippen MR) is 58.1 cm³/mol. The molecule has 0 aromatic carbocycles. The lowest BCUT2D eigenvalue weighted by molar-refractivity contribution is -0.127. The maximum atomic E-state index is 11.1. The molecular formula is C11H22N2O. The SMILES string of the molecule is CC(=O)N1CC[C@H](NCC(C)(C)C)C1. The summed E-state index contributed by atoms with van der Waals surface area (Å²) in [6, 6.07) is 0.498. The van der Waals surface area contributed by atoms with Gasteiger partial charge in [-0.15, -0.1) is 0 Å². The van der Waals surface area contributed by atoms with Crippen molar-refractivity contribution < 1.29 is 4.79 Å². The molecule has 3 nitrogen and oxygen atoms in total. The molecule has 0 bridgehead atoms. The summed E-state index contributed by atoms with van der Waals surface area (Å²) < 4.78 is 0. The Kier molecular flexibility index (Phi) is 3.53. The molecule has 82 valence electrons. The van der Waals surface area contributed by atoms with E-state index in [0.29, 0.717) is 11.5 Å². The summed E-state index contributed by atoms with van der Waals surface area (Å²) in [6.45, 7) is 11.1. The molecule has 1 fully saturated rings. The quantitative estimate of drug-likeness (QED) is 0.724.